The number of nitrogens with one attached hydrogen (secondary N) is 1. The van der Waals surface area contributed by atoms with Gasteiger partial charge < -0.3 is 0 Å². The maximum Gasteiger partial charge on any atom is 0.309 e. The number of rotatable bonds is 6. The summed E-state index contributed by atoms with van der Waals surface area (Å²) in [5, 5.41) is 10.9. The largest absolute Gasteiger partial charge is 0.309 e. The van der Waals surface area contributed by atoms with Gasteiger partial charge in [-0.15, -0.1) is 0 Å². The van der Waals surface area contributed by atoms with Crippen LogP contribution in [-0.4, -0.2) is 19.9 Å². The van der Waals surface area contributed by atoms with Crippen LogP contribution in [0.3, 0.4) is 0 Å². The molecule has 118 valence electrons. The molecule has 0 fully saturated rings. The number of aryl methyl sites for hydroxylation is 1. The van der Waals surface area contributed by atoms with Crippen LogP contribution in [0.15, 0.2) is 11.0 Å². The topological polar surface area (TPSA) is 89.3 Å². The van der Waals surface area contributed by atoms with Crippen molar-refractivity contribution in [3.63, 3.8) is 0 Å². The second-order valence-electron chi connectivity index (χ2n) is 5.32. The molecule has 0 saturated carbocycles. The van der Waals surface area contributed by atoms with E-state index in [1.165, 1.54) is 13.8 Å². The zero-order valence-corrected chi connectivity index (χ0v) is 13.3. The van der Waals surface area contributed by atoms with Crippen molar-refractivity contribution in [2.24, 2.45) is 5.92 Å². The van der Waals surface area contributed by atoms with E-state index in [-0.39, 0.29) is 22.6 Å². The molecule has 0 radical (unpaired) electrons. The summed E-state index contributed by atoms with van der Waals surface area (Å²) in [5.74, 6) is -0.714. The Labute approximate surface area is 123 Å². The van der Waals surface area contributed by atoms with Gasteiger partial charge in [-0.25, -0.2) is 13.1 Å². The lowest BCUT2D eigenvalue weighted by Crippen LogP contribution is -2.27. The van der Waals surface area contributed by atoms with E-state index in [1.54, 1.807) is 0 Å². The second kappa shape index (κ2) is 6.48. The summed E-state index contributed by atoms with van der Waals surface area (Å²) in [6.07, 6.45) is 0.639. The second-order valence-corrected chi connectivity index (χ2v) is 7.02. The Kier molecular flexibility index (Phi) is 5.41. The third-order valence-corrected chi connectivity index (χ3v) is 4.84. The smallest absolute Gasteiger partial charge is 0.258 e. The van der Waals surface area contributed by atoms with Crippen LogP contribution in [0.2, 0.25) is 0 Å². The number of hydrogen-bond acceptors (Lipinski definition) is 4. The first-order valence-corrected chi connectivity index (χ1v) is 8.00. The van der Waals surface area contributed by atoms with Crippen LogP contribution in [0.25, 0.3) is 0 Å². The van der Waals surface area contributed by atoms with E-state index >= 15 is 0 Å². The average molecular weight is 318 g/mol. The summed E-state index contributed by atoms with van der Waals surface area (Å²) in [6.45, 7) is 6.78. The summed E-state index contributed by atoms with van der Waals surface area (Å²) < 4.78 is 40.6. The minimum Gasteiger partial charge on any atom is -0.258 e. The maximum absolute atomic E-state index is 13.6. The van der Waals surface area contributed by atoms with Gasteiger partial charge in [0.05, 0.1) is 15.4 Å². The van der Waals surface area contributed by atoms with E-state index in [2.05, 4.69) is 4.72 Å². The highest BCUT2D eigenvalue weighted by Gasteiger charge is 2.29. The Bertz CT molecular complexity index is 657. The molecule has 0 unspecified atom stereocenters. The van der Waals surface area contributed by atoms with Crippen molar-refractivity contribution in [1.82, 2.24) is 4.72 Å². The molecule has 0 aliphatic carbocycles. The highest BCUT2D eigenvalue weighted by Crippen LogP contribution is 2.31. The fourth-order valence-corrected chi connectivity index (χ4v) is 3.61. The lowest BCUT2D eigenvalue weighted by atomic mass is 10.1. The Morgan fingerprint density at radius 3 is 2.43 bits per heavy atom. The van der Waals surface area contributed by atoms with Gasteiger partial charge in [0.1, 0.15) is 0 Å². The Morgan fingerprint density at radius 2 is 1.95 bits per heavy atom. The van der Waals surface area contributed by atoms with Gasteiger partial charge in [0.25, 0.3) is 0 Å². The molecule has 0 aliphatic heterocycles. The molecule has 0 aliphatic rings. The molecule has 0 atom stereocenters. The van der Waals surface area contributed by atoms with Gasteiger partial charge in [-0.1, -0.05) is 13.8 Å². The van der Waals surface area contributed by atoms with E-state index in [9.17, 15) is 22.9 Å². The first-order valence-electron chi connectivity index (χ1n) is 6.51. The van der Waals surface area contributed by atoms with Crippen molar-refractivity contribution < 1.29 is 17.7 Å². The summed E-state index contributed by atoms with van der Waals surface area (Å²) in [6, 6.07) is 0.877. The highest BCUT2D eigenvalue weighted by molar-refractivity contribution is 7.89. The van der Waals surface area contributed by atoms with Crippen LogP contribution in [0.5, 0.6) is 0 Å². The number of hydrogen-bond donors (Lipinski definition) is 1. The summed E-state index contributed by atoms with van der Waals surface area (Å²) in [4.78, 5) is 9.76. The molecule has 21 heavy (non-hydrogen) atoms. The van der Waals surface area contributed by atoms with Crippen molar-refractivity contribution >= 4 is 15.7 Å². The monoisotopic (exact) mass is 318 g/mol. The molecular weight excluding hydrogens is 299 g/mol. The molecule has 0 amide bonds. The van der Waals surface area contributed by atoms with E-state index < -0.39 is 26.5 Å². The third kappa shape index (κ3) is 3.98. The van der Waals surface area contributed by atoms with Gasteiger partial charge in [0, 0.05) is 6.54 Å². The summed E-state index contributed by atoms with van der Waals surface area (Å²) >= 11 is 0. The van der Waals surface area contributed by atoms with Gasteiger partial charge in [0.15, 0.2) is 0 Å². The van der Waals surface area contributed by atoms with Crippen LogP contribution in [0, 0.1) is 35.7 Å². The molecule has 1 aromatic carbocycles. The molecule has 6 nitrogen and oxygen atoms in total. The number of nitrogens with zero attached hydrogens (tertiary/aromatic N) is 1. The van der Waals surface area contributed by atoms with Crippen molar-refractivity contribution in [3.8, 4) is 0 Å². The first kappa shape index (κ1) is 17.5. The molecular formula is C13H19FN2O4S. The molecule has 0 spiro atoms. The van der Waals surface area contributed by atoms with E-state index in [0.29, 0.717) is 12.3 Å². The number of benzene rings is 1. The Balaban J connectivity index is 3.29. The molecule has 1 aromatic rings. The van der Waals surface area contributed by atoms with Crippen LogP contribution in [0.1, 0.15) is 31.4 Å². The third-order valence-electron chi connectivity index (χ3n) is 3.09. The molecule has 0 heterocycles. The lowest BCUT2D eigenvalue weighted by molar-refractivity contribution is -0.388. The van der Waals surface area contributed by atoms with Crippen molar-refractivity contribution in [2.75, 3.05) is 6.54 Å². The average Bonchev–Trinajstić information content (AvgIpc) is 2.25. The highest BCUT2D eigenvalue weighted by atomic mass is 32.2. The van der Waals surface area contributed by atoms with Gasteiger partial charge >= 0.3 is 5.69 Å². The van der Waals surface area contributed by atoms with Gasteiger partial charge in [-0.2, -0.15) is 4.39 Å². The van der Waals surface area contributed by atoms with Crippen molar-refractivity contribution in [2.45, 2.75) is 39.0 Å². The SMILES string of the molecule is Cc1cc(F)c([N+](=O)[O-])c(C)c1S(=O)(=O)NCCC(C)C. The number of halogens is 1. The molecule has 8 heteroatoms. The van der Waals surface area contributed by atoms with Crippen molar-refractivity contribution in [3.05, 3.63) is 33.1 Å². The summed E-state index contributed by atoms with van der Waals surface area (Å²) in [5.41, 5.74) is -0.841. The van der Waals surface area contributed by atoms with Crippen LogP contribution in [0.4, 0.5) is 10.1 Å². The number of nitro groups is 1. The molecule has 0 aromatic heterocycles. The molecule has 1 N–H and O–H groups in total. The Morgan fingerprint density at radius 1 is 1.38 bits per heavy atom. The molecule has 0 bridgehead atoms. The fraction of sp³-hybridized carbons (Fsp3) is 0.538. The lowest BCUT2D eigenvalue weighted by Gasteiger charge is -2.13. The van der Waals surface area contributed by atoms with E-state index in [1.807, 2.05) is 13.8 Å². The molecule has 0 saturated heterocycles. The van der Waals surface area contributed by atoms with Gasteiger partial charge in [0.2, 0.25) is 15.8 Å². The molecule has 1 rings (SSSR count). The minimum atomic E-state index is -3.91. The van der Waals surface area contributed by atoms with Crippen LogP contribution < -0.4 is 4.72 Å². The standard InChI is InChI=1S/C13H19FN2O4S/c1-8(2)5-6-15-21(19,20)13-9(3)7-11(14)12(10(13)4)16(17)18/h7-8,15H,5-6H2,1-4H3. The van der Waals surface area contributed by atoms with E-state index in [4.69, 9.17) is 0 Å². The number of sulfonamides is 1. The predicted octanol–water partition coefficient (Wildman–Crippen LogP) is 2.68. The van der Waals surface area contributed by atoms with Crippen LogP contribution in [-0.2, 0) is 10.0 Å². The maximum atomic E-state index is 13.6. The number of nitro benzene ring substituents is 1. The minimum absolute atomic E-state index is 0.146. The fourth-order valence-electron chi connectivity index (χ4n) is 2.10. The normalized spacial score (nSPS) is 11.9. The predicted molar refractivity (Wildman–Crippen MR) is 77.2 cm³/mol. The Hall–Kier alpha value is -1.54. The zero-order chi connectivity index (χ0) is 16.4. The zero-order valence-electron chi connectivity index (χ0n) is 12.4. The quantitative estimate of drug-likeness (QED) is 0.645. The van der Waals surface area contributed by atoms with Crippen molar-refractivity contribution in [1.29, 1.82) is 0 Å². The van der Waals surface area contributed by atoms with Gasteiger partial charge in [-0.05, 0) is 37.8 Å². The van der Waals surface area contributed by atoms with E-state index in [0.717, 1.165) is 6.07 Å². The van der Waals surface area contributed by atoms with Crippen LogP contribution >= 0.6 is 0 Å². The summed E-state index contributed by atoms with van der Waals surface area (Å²) in [7, 11) is -3.91. The first-order chi connectivity index (χ1) is 9.58. The van der Waals surface area contributed by atoms with Gasteiger partial charge in [-0.3, -0.25) is 10.1 Å².